The first kappa shape index (κ1) is 15.7. The smallest absolute Gasteiger partial charge is 0.246 e. The Morgan fingerprint density at radius 2 is 2.19 bits per heavy atom. The van der Waals surface area contributed by atoms with Crippen molar-refractivity contribution in [1.82, 2.24) is 9.62 Å². The molecular formula is C13H18FN3O3S. The molecule has 1 aromatic rings. The number of nitrogens with one attached hydrogen (secondary N) is 1. The van der Waals surface area contributed by atoms with Crippen LogP contribution in [0.1, 0.15) is 12.8 Å². The van der Waals surface area contributed by atoms with Crippen molar-refractivity contribution in [2.45, 2.75) is 17.7 Å². The number of halogens is 1. The van der Waals surface area contributed by atoms with Crippen molar-refractivity contribution in [3.63, 3.8) is 0 Å². The van der Waals surface area contributed by atoms with Gasteiger partial charge in [0.1, 0.15) is 10.7 Å². The second kappa shape index (κ2) is 5.98. The quantitative estimate of drug-likeness (QED) is 0.797. The number of amides is 1. The van der Waals surface area contributed by atoms with Gasteiger partial charge in [-0.1, -0.05) is 0 Å². The van der Waals surface area contributed by atoms with Gasteiger partial charge in [-0.2, -0.15) is 4.31 Å². The van der Waals surface area contributed by atoms with Gasteiger partial charge in [0.2, 0.25) is 15.9 Å². The van der Waals surface area contributed by atoms with E-state index in [-0.39, 0.29) is 24.7 Å². The summed E-state index contributed by atoms with van der Waals surface area (Å²) in [5, 5.41) is 2.51. The highest BCUT2D eigenvalue weighted by molar-refractivity contribution is 7.89. The maximum Gasteiger partial charge on any atom is 0.246 e. The van der Waals surface area contributed by atoms with Crippen molar-refractivity contribution in [2.75, 3.05) is 25.9 Å². The molecule has 0 bridgehead atoms. The number of carbonyl (C=O) groups is 1. The van der Waals surface area contributed by atoms with Crippen molar-refractivity contribution in [1.29, 1.82) is 0 Å². The molecule has 8 heteroatoms. The number of carbonyl (C=O) groups excluding carboxylic acids is 1. The molecule has 1 heterocycles. The lowest BCUT2D eigenvalue weighted by Crippen LogP contribution is -2.44. The molecule has 1 aliphatic rings. The zero-order chi connectivity index (χ0) is 15.6. The lowest BCUT2D eigenvalue weighted by molar-refractivity contribution is -0.125. The average molecular weight is 315 g/mol. The third-order valence-corrected chi connectivity index (χ3v) is 5.45. The van der Waals surface area contributed by atoms with Crippen LogP contribution in [0.25, 0.3) is 0 Å². The molecule has 0 spiro atoms. The number of hydrogen-bond donors (Lipinski definition) is 2. The van der Waals surface area contributed by atoms with E-state index in [9.17, 15) is 17.6 Å². The number of nitrogens with two attached hydrogens (primary N) is 1. The van der Waals surface area contributed by atoms with Crippen LogP contribution in [0.3, 0.4) is 0 Å². The molecule has 1 saturated heterocycles. The Kier molecular flexibility index (Phi) is 4.48. The van der Waals surface area contributed by atoms with Crippen LogP contribution in [0, 0.1) is 11.7 Å². The standard InChI is InChI=1S/C13H18FN3O3S/c1-16-13(18)9-3-2-6-17(8-9)21(19,20)12-7-10(15)4-5-11(12)14/h4-5,7,9H,2-3,6,8,15H2,1H3,(H,16,18). The van der Waals surface area contributed by atoms with Gasteiger partial charge in [0.25, 0.3) is 0 Å². The maximum atomic E-state index is 13.8. The first-order chi connectivity index (χ1) is 9.86. The molecule has 1 amide bonds. The van der Waals surface area contributed by atoms with Crippen molar-refractivity contribution in [3.05, 3.63) is 24.0 Å². The van der Waals surface area contributed by atoms with E-state index in [1.54, 1.807) is 0 Å². The van der Waals surface area contributed by atoms with Gasteiger partial charge in [-0.05, 0) is 31.0 Å². The molecule has 1 aromatic carbocycles. The SMILES string of the molecule is CNC(=O)C1CCCN(S(=O)(=O)c2cc(N)ccc2F)C1. The first-order valence-electron chi connectivity index (χ1n) is 6.63. The Balaban J connectivity index is 2.31. The third kappa shape index (κ3) is 3.16. The van der Waals surface area contributed by atoms with Crippen molar-refractivity contribution in [3.8, 4) is 0 Å². The van der Waals surface area contributed by atoms with E-state index < -0.39 is 26.7 Å². The predicted molar refractivity (Wildman–Crippen MR) is 76.4 cm³/mol. The van der Waals surface area contributed by atoms with E-state index in [0.717, 1.165) is 16.4 Å². The normalized spacial score (nSPS) is 20.2. The van der Waals surface area contributed by atoms with E-state index in [4.69, 9.17) is 5.73 Å². The van der Waals surface area contributed by atoms with Gasteiger partial charge in [-0.25, -0.2) is 12.8 Å². The second-order valence-corrected chi connectivity index (χ2v) is 6.91. The minimum atomic E-state index is -3.99. The minimum Gasteiger partial charge on any atom is -0.399 e. The molecule has 1 aliphatic heterocycles. The minimum absolute atomic E-state index is 0.0518. The molecule has 21 heavy (non-hydrogen) atoms. The summed E-state index contributed by atoms with van der Waals surface area (Å²) in [7, 11) is -2.48. The highest BCUT2D eigenvalue weighted by Gasteiger charge is 2.34. The Labute approximate surface area is 123 Å². The number of sulfonamides is 1. The van der Waals surface area contributed by atoms with Crippen LogP contribution in [0.5, 0.6) is 0 Å². The molecule has 2 rings (SSSR count). The topological polar surface area (TPSA) is 92.5 Å². The number of nitrogens with zero attached hydrogens (tertiary/aromatic N) is 1. The zero-order valence-corrected chi connectivity index (χ0v) is 12.5. The van der Waals surface area contributed by atoms with E-state index in [1.165, 1.54) is 13.1 Å². The summed E-state index contributed by atoms with van der Waals surface area (Å²) in [5.41, 5.74) is 5.71. The van der Waals surface area contributed by atoms with Gasteiger partial charge in [0, 0.05) is 25.8 Å². The number of anilines is 1. The van der Waals surface area contributed by atoms with E-state index in [1.807, 2.05) is 0 Å². The average Bonchev–Trinajstić information content (AvgIpc) is 2.49. The monoisotopic (exact) mass is 315 g/mol. The molecule has 1 fully saturated rings. The lowest BCUT2D eigenvalue weighted by atomic mass is 9.99. The van der Waals surface area contributed by atoms with Gasteiger partial charge in [0.05, 0.1) is 5.92 Å². The highest BCUT2D eigenvalue weighted by Crippen LogP contribution is 2.26. The molecule has 1 unspecified atom stereocenters. The van der Waals surface area contributed by atoms with Gasteiger partial charge in [-0.3, -0.25) is 4.79 Å². The van der Waals surface area contributed by atoms with Gasteiger partial charge >= 0.3 is 0 Å². The molecule has 116 valence electrons. The molecule has 0 radical (unpaired) electrons. The summed E-state index contributed by atoms with van der Waals surface area (Å²) in [6.07, 6.45) is 1.17. The zero-order valence-electron chi connectivity index (χ0n) is 11.7. The van der Waals surface area contributed by atoms with Crippen LogP contribution in [-0.2, 0) is 14.8 Å². The Morgan fingerprint density at radius 3 is 2.86 bits per heavy atom. The summed E-state index contributed by atoms with van der Waals surface area (Å²) in [5.74, 6) is -1.46. The fourth-order valence-corrected chi connectivity index (χ4v) is 4.06. The van der Waals surface area contributed by atoms with Gasteiger partial charge in [-0.15, -0.1) is 0 Å². The summed E-state index contributed by atoms with van der Waals surface area (Å²) in [4.78, 5) is 11.2. The summed E-state index contributed by atoms with van der Waals surface area (Å²) in [6, 6.07) is 3.44. The number of benzene rings is 1. The van der Waals surface area contributed by atoms with Crippen LogP contribution in [0.15, 0.2) is 23.1 Å². The lowest BCUT2D eigenvalue weighted by Gasteiger charge is -2.31. The predicted octanol–water partition coefficient (Wildman–Crippen LogP) is 0.555. The molecule has 0 saturated carbocycles. The van der Waals surface area contributed by atoms with Gasteiger partial charge in [0.15, 0.2) is 0 Å². The second-order valence-electron chi connectivity index (χ2n) is 5.01. The van der Waals surface area contributed by atoms with E-state index in [2.05, 4.69) is 5.32 Å². The van der Waals surface area contributed by atoms with Crippen LogP contribution >= 0.6 is 0 Å². The van der Waals surface area contributed by atoms with E-state index in [0.29, 0.717) is 12.8 Å². The molecule has 3 N–H and O–H groups in total. The van der Waals surface area contributed by atoms with E-state index >= 15 is 0 Å². The summed E-state index contributed by atoms with van der Waals surface area (Å²) < 4.78 is 40.0. The molecule has 0 aromatic heterocycles. The summed E-state index contributed by atoms with van der Waals surface area (Å²) in [6.45, 7) is 0.320. The third-order valence-electron chi connectivity index (χ3n) is 3.57. The molecule has 0 aliphatic carbocycles. The Hall–Kier alpha value is -1.67. The van der Waals surface area contributed by atoms with Crippen LogP contribution in [0.2, 0.25) is 0 Å². The first-order valence-corrected chi connectivity index (χ1v) is 8.07. The Bertz CT molecular complexity index is 648. The van der Waals surface area contributed by atoms with Gasteiger partial charge < -0.3 is 11.1 Å². The number of piperidine rings is 1. The molecule has 1 atom stereocenters. The van der Waals surface area contributed by atoms with Crippen LogP contribution in [0.4, 0.5) is 10.1 Å². The van der Waals surface area contributed by atoms with Crippen molar-refractivity contribution < 1.29 is 17.6 Å². The molecule has 6 nitrogen and oxygen atoms in total. The molecular weight excluding hydrogens is 297 g/mol. The maximum absolute atomic E-state index is 13.8. The largest absolute Gasteiger partial charge is 0.399 e. The van der Waals surface area contributed by atoms with Crippen molar-refractivity contribution >= 4 is 21.6 Å². The fraction of sp³-hybridized carbons (Fsp3) is 0.462. The number of hydrogen-bond acceptors (Lipinski definition) is 4. The number of rotatable bonds is 3. The Morgan fingerprint density at radius 1 is 1.48 bits per heavy atom. The summed E-state index contributed by atoms with van der Waals surface area (Å²) >= 11 is 0. The van der Waals surface area contributed by atoms with Crippen LogP contribution < -0.4 is 11.1 Å². The van der Waals surface area contributed by atoms with Crippen molar-refractivity contribution in [2.24, 2.45) is 5.92 Å². The van der Waals surface area contributed by atoms with Crippen LogP contribution in [-0.4, -0.2) is 38.8 Å². The number of nitrogen functional groups attached to an aromatic ring is 1. The highest BCUT2D eigenvalue weighted by atomic mass is 32.2. The fourth-order valence-electron chi connectivity index (χ4n) is 2.44.